The van der Waals surface area contributed by atoms with Crippen LogP contribution in [0, 0.1) is 5.92 Å². The van der Waals surface area contributed by atoms with Crippen LogP contribution in [0.4, 0.5) is 0 Å². The van der Waals surface area contributed by atoms with Crippen LogP contribution in [0.3, 0.4) is 0 Å². The van der Waals surface area contributed by atoms with Crippen molar-refractivity contribution in [3.8, 4) is 0 Å². The fourth-order valence-electron chi connectivity index (χ4n) is 1.54. The fraction of sp³-hybridized carbons (Fsp3) is 0.917. The Bertz CT molecular complexity index is 213. The second-order valence-corrected chi connectivity index (χ2v) is 5.54. The number of methoxy groups -OCH3 is 1. The third kappa shape index (κ3) is 7.63. The van der Waals surface area contributed by atoms with E-state index in [1.165, 1.54) is 0 Å². The molecule has 0 aromatic heterocycles. The predicted molar refractivity (Wildman–Crippen MR) is 74.3 cm³/mol. The van der Waals surface area contributed by atoms with Gasteiger partial charge in [0, 0.05) is 20.2 Å². The molecule has 1 amide bonds. The summed E-state index contributed by atoms with van der Waals surface area (Å²) in [5.41, 5.74) is 5.91. The van der Waals surface area contributed by atoms with Crippen molar-refractivity contribution in [2.45, 2.75) is 26.3 Å². The molecule has 2 N–H and O–H groups in total. The Kier molecular flexibility index (Phi) is 9.59. The second kappa shape index (κ2) is 9.74. The highest BCUT2D eigenvalue weighted by atomic mass is 32.2. The Morgan fingerprint density at radius 1 is 1.47 bits per heavy atom. The first kappa shape index (κ1) is 16.7. The van der Waals surface area contributed by atoms with Crippen molar-refractivity contribution >= 4 is 17.7 Å². The Morgan fingerprint density at radius 3 is 2.59 bits per heavy atom. The van der Waals surface area contributed by atoms with Crippen molar-refractivity contribution in [1.82, 2.24) is 4.90 Å². The molecule has 0 saturated heterocycles. The number of carbonyl (C=O) groups is 1. The van der Waals surface area contributed by atoms with Crippen LogP contribution in [0.25, 0.3) is 0 Å². The average Bonchev–Trinajstić information content (AvgIpc) is 2.29. The molecule has 0 rings (SSSR count). The third-order valence-electron chi connectivity index (χ3n) is 2.41. The maximum absolute atomic E-state index is 12.1. The molecule has 0 heterocycles. The molecule has 102 valence electrons. The van der Waals surface area contributed by atoms with Crippen LogP contribution >= 0.6 is 11.8 Å². The highest BCUT2D eigenvalue weighted by Crippen LogP contribution is 2.05. The molecule has 0 fully saturated rings. The molecule has 0 aromatic carbocycles. The number of thioether (sulfide) groups is 1. The first-order valence-electron chi connectivity index (χ1n) is 6.05. The summed E-state index contributed by atoms with van der Waals surface area (Å²) in [6, 6.07) is -0.377. The molecule has 0 bridgehead atoms. The van der Waals surface area contributed by atoms with Gasteiger partial charge in [-0.3, -0.25) is 4.79 Å². The third-order valence-corrected chi connectivity index (χ3v) is 3.06. The number of ether oxygens (including phenoxy) is 1. The number of rotatable bonds is 9. The standard InChI is InChI=1S/C12H26N2O2S/c1-10(2)9-14(6-7-16-3)12(15)11(13)5-8-17-4/h10-11H,5-9,13H2,1-4H3/t11-/m1/s1. The largest absolute Gasteiger partial charge is 0.383 e. The van der Waals surface area contributed by atoms with Gasteiger partial charge < -0.3 is 15.4 Å². The van der Waals surface area contributed by atoms with Crippen molar-refractivity contribution in [2.75, 3.05) is 38.8 Å². The van der Waals surface area contributed by atoms with E-state index < -0.39 is 0 Å². The minimum atomic E-state index is -0.377. The van der Waals surface area contributed by atoms with Gasteiger partial charge in [-0.25, -0.2) is 0 Å². The first-order valence-corrected chi connectivity index (χ1v) is 7.44. The number of carbonyl (C=O) groups excluding carboxylic acids is 1. The molecule has 0 spiro atoms. The molecule has 0 aliphatic carbocycles. The van der Waals surface area contributed by atoms with E-state index in [1.54, 1.807) is 18.9 Å². The van der Waals surface area contributed by atoms with Crippen LogP contribution < -0.4 is 5.73 Å². The Labute approximate surface area is 109 Å². The zero-order valence-corrected chi connectivity index (χ0v) is 12.3. The van der Waals surface area contributed by atoms with Crippen LogP contribution in [-0.4, -0.2) is 55.7 Å². The van der Waals surface area contributed by atoms with Gasteiger partial charge in [0.15, 0.2) is 0 Å². The topological polar surface area (TPSA) is 55.6 Å². The number of hydrogen-bond acceptors (Lipinski definition) is 4. The van der Waals surface area contributed by atoms with E-state index in [0.29, 0.717) is 19.1 Å². The maximum Gasteiger partial charge on any atom is 0.239 e. The van der Waals surface area contributed by atoms with Crippen LogP contribution in [-0.2, 0) is 9.53 Å². The highest BCUT2D eigenvalue weighted by Gasteiger charge is 2.20. The molecule has 0 aliphatic heterocycles. The Balaban J connectivity index is 4.28. The molecule has 5 heteroatoms. The zero-order chi connectivity index (χ0) is 13.3. The first-order chi connectivity index (χ1) is 8.02. The molecule has 0 unspecified atom stereocenters. The van der Waals surface area contributed by atoms with Gasteiger partial charge in [-0.15, -0.1) is 0 Å². The molecule has 0 saturated carbocycles. The summed E-state index contributed by atoms with van der Waals surface area (Å²) in [5.74, 6) is 1.42. The molecular formula is C12H26N2O2S. The minimum absolute atomic E-state index is 0.0461. The van der Waals surface area contributed by atoms with Gasteiger partial charge in [0.1, 0.15) is 0 Å². The summed E-state index contributed by atoms with van der Waals surface area (Å²) in [7, 11) is 1.64. The van der Waals surface area contributed by atoms with Crippen LogP contribution in [0.1, 0.15) is 20.3 Å². The van der Waals surface area contributed by atoms with E-state index in [2.05, 4.69) is 13.8 Å². The zero-order valence-electron chi connectivity index (χ0n) is 11.4. The van der Waals surface area contributed by atoms with Crippen LogP contribution in [0.5, 0.6) is 0 Å². The molecule has 1 atom stereocenters. The molecule has 0 aromatic rings. The Hall–Kier alpha value is -0.260. The normalized spacial score (nSPS) is 12.8. The summed E-state index contributed by atoms with van der Waals surface area (Å²) >= 11 is 1.72. The quantitative estimate of drug-likeness (QED) is 0.678. The predicted octanol–water partition coefficient (Wildman–Crippen LogP) is 1.20. The summed E-state index contributed by atoms with van der Waals surface area (Å²) in [4.78, 5) is 13.9. The van der Waals surface area contributed by atoms with Gasteiger partial charge in [-0.05, 0) is 24.3 Å². The molecule has 17 heavy (non-hydrogen) atoms. The lowest BCUT2D eigenvalue weighted by molar-refractivity contribution is -0.133. The van der Waals surface area contributed by atoms with E-state index >= 15 is 0 Å². The minimum Gasteiger partial charge on any atom is -0.383 e. The van der Waals surface area contributed by atoms with Gasteiger partial charge in [0.05, 0.1) is 12.6 Å². The lowest BCUT2D eigenvalue weighted by Crippen LogP contribution is -2.46. The lowest BCUT2D eigenvalue weighted by atomic mass is 10.1. The summed E-state index contributed by atoms with van der Waals surface area (Å²) in [6.07, 6.45) is 2.76. The van der Waals surface area contributed by atoms with Crippen LogP contribution in [0.15, 0.2) is 0 Å². The van der Waals surface area contributed by atoms with Gasteiger partial charge >= 0.3 is 0 Å². The van der Waals surface area contributed by atoms with Crippen molar-refractivity contribution in [1.29, 1.82) is 0 Å². The number of nitrogens with two attached hydrogens (primary N) is 1. The van der Waals surface area contributed by atoms with E-state index in [4.69, 9.17) is 10.5 Å². The van der Waals surface area contributed by atoms with E-state index in [1.807, 2.05) is 11.2 Å². The maximum atomic E-state index is 12.1. The summed E-state index contributed by atoms with van der Waals surface area (Å²) < 4.78 is 5.03. The monoisotopic (exact) mass is 262 g/mol. The molecular weight excluding hydrogens is 236 g/mol. The van der Waals surface area contributed by atoms with Gasteiger partial charge in [-0.2, -0.15) is 11.8 Å². The van der Waals surface area contributed by atoms with Crippen molar-refractivity contribution < 1.29 is 9.53 Å². The van der Waals surface area contributed by atoms with Gasteiger partial charge in [0.2, 0.25) is 5.91 Å². The van der Waals surface area contributed by atoms with Crippen LogP contribution in [0.2, 0.25) is 0 Å². The number of hydrogen-bond donors (Lipinski definition) is 1. The van der Waals surface area contributed by atoms with E-state index in [-0.39, 0.29) is 11.9 Å². The molecule has 4 nitrogen and oxygen atoms in total. The van der Waals surface area contributed by atoms with Crippen molar-refractivity contribution in [2.24, 2.45) is 11.7 Å². The highest BCUT2D eigenvalue weighted by molar-refractivity contribution is 7.98. The number of amides is 1. The second-order valence-electron chi connectivity index (χ2n) is 4.56. The Morgan fingerprint density at radius 2 is 2.12 bits per heavy atom. The SMILES string of the molecule is COCCN(CC(C)C)C(=O)[C@H](N)CCSC. The number of nitrogens with zero attached hydrogens (tertiary/aromatic N) is 1. The van der Waals surface area contributed by atoms with Gasteiger partial charge in [0.25, 0.3) is 0 Å². The van der Waals surface area contributed by atoms with E-state index in [9.17, 15) is 4.79 Å². The smallest absolute Gasteiger partial charge is 0.239 e. The van der Waals surface area contributed by atoms with Crippen molar-refractivity contribution in [3.63, 3.8) is 0 Å². The van der Waals surface area contributed by atoms with E-state index in [0.717, 1.165) is 18.7 Å². The lowest BCUT2D eigenvalue weighted by Gasteiger charge is -2.27. The average molecular weight is 262 g/mol. The summed E-state index contributed by atoms with van der Waals surface area (Å²) in [6.45, 7) is 6.13. The summed E-state index contributed by atoms with van der Waals surface area (Å²) in [5, 5.41) is 0. The molecule has 0 aliphatic rings. The molecule has 0 radical (unpaired) electrons. The fourth-order valence-corrected chi connectivity index (χ4v) is 2.03. The van der Waals surface area contributed by atoms with Gasteiger partial charge in [-0.1, -0.05) is 13.8 Å². The van der Waals surface area contributed by atoms with Crippen molar-refractivity contribution in [3.05, 3.63) is 0 Å².